The minimum atomic E-state index is 0.143. The molecule has 3 heteroatoms. The minimum absolute atomic E-state index is 0.143. The zero-order valence-electron chi connectivity index (χ0n) is 11.6. The van der Waals surface area contributed by atoms with E-state index in [0.717, 1.165) is 25.3 Å². The van der Waals surface area contributed by atoms with Crippen molar-refractivity contribution in [3.63, 3.8) is 0 Å². The van der Waals surface area contributed by atoms with E-state index in [1.807, 2.05) is 0 Å². The molecule has 3 atom stereocenters. The first kappa shape index (κ1) is 14.5. The van der Waals surface area contributed by atoms with Gasteiger partial charge in [0.15, 0.2) is 0 Å². The van der Waals surface area contributed by atoms with E-state index in [1.54, 1.807) is 0 Å². The molecular formula is C14H28N2O. The Bertz CT molecular complexity index is 230. The van der Waals surface area contributed by atoms with Gasteiger partial charge >= 0.3 is 0 Å². The van der Waals surface area contributed by atoms with Crippen LogP contribution in [0.25, 0.3) is 0 Å². The highest BCUT2D eigenvalue weighted by atomic mass is 16.1. The molecule has 100 valence electrons. The molecule has 3 unspecified atom stereocenters. The van der Waals surface area contributed by atoms with Crippen LogP contribution in [0.15, 0.2) is 0 Å². The predicted octanol–water partition coefficient (Wildman–Crippen LogP) is 2.32. The maximum Gasteiger partial charge on any atom is 0.233 e. The molecule has 0 aromatic heterocycles. The third-order valence-electron chi connectivity index (χ3n) is 3.81. The molecule has 1 amide bonds. The fourth-order valence-electron chi connectivity index (χ4n) is 2.66. The summed E-state index contributed by atoms with van der Waals surface area (Å²) in [6, 6.07) is 0.531. The fourth-order valence-corrected chi connectivity index (χ4v) is 2.66. The lowest BCUT2D eigenvalue weighted by Gasteiger charge is -2.33. The van der Waals surface area contributed by atoms with Gasteiger partial charge < -0.3 is 10.6 Å². The highest BCUT2D eigenvalue weighted by molar-refractivity contribution is 5.77. The number of unbranched alkanes of at least 4 members (excludes halogenated alkanes) is 1. The molecule has 2 N–H and O–H groups in total. The van der Waals surface area contributed by atoms with E-state index in [-0.39, 0.29) is 5.91 Å². The van der Waals surface area contributed by atoms with Crippen LogP contribution < -0.4 is 10.6 Å². The third-order valence-corrected chi connectivity index (χ3v) is 3.81. The highest BCUT2D eigenvalue weighted by Crippen LogP contribution is 2.28. The predicted molar refractivity (Wildman–Crippen MR) is 71.9 cm³/mol. The van der Waals surface area contributed by atoms with Crippen LogP contribution in [0.2, 0.25) is 0 Å². The van der Waals surface area contributed by atoms with Crippen LogP contribution in [0.3, 0.4) is 0 Å². The van der Waals surface area contributed by atoms with Crippen LogP contribution >= 0.6 is 0 Å². The zero-order valence-corrected chi connectivity index (χ0v) is 11.6. The van der Waals surface area contributed by atoms with Crippen molar-refractivity contribution in [3.8, 4) is 0 Å². The third kappa shape index (κ3) is 5.53. The van der Waals surface area contributed by atoms with Crippen LogP contribution in [0.1, 0.15) is 52.9 Å². The summed E-state index contributed by atoms with van der Waals surface area (Å²) in [4.78, 5) is 11.6. The molecule has 0 bridgehead atoms. The Morgan fingerprint density at radius 3 is 2.71 bits per heavy atom. The van der Waals surface area contributed by atoms with Gasteiger partial charge in [-0.05, 0) is 37.5 Å². The van der Waals surface area contributed by atoms with Crippen molar-refractivity contribution < 1.29 is 4.79 Å². The second-order valence-electron chi connectivity index (χ2n) is 5.59. The smallest absolute Gasteiger partial charge is 0.233 e. The van der Waals surface area contributed by atoms with Crippen molar-refractivity contribution in [1.82, 2.24) is 10.6 Å². The molecule has 0 aliphatic heterocycles. The van der Waals surface area contributed by atoms with Gasteiger partial charge in [0, 0.05) is 12.6 Å². The fraction of sp³-hybridized carbons (Fsp3) is 0.929. The standard InChI is InChI=1S/C14H28N2O/c1-4-5-8-15-14(17)10-16-13-7-6-11(2)9-12(13)3/h11-13,16H,4-10H2,1-3H3,(H,15,17). The van der Waals surface area contributed by atoms with Crippen molar-refractivity contribution >= 4 is 5.91 Å². The lowest BCUT2D eigenvalue weighted by atomic mass is 9.80. The Kier molecular flexibility index (Phi) is 6.56. The van der Waals surface area contributed by atoms with Gasteiger partial charge in [-0.15, -0.1) is 0 Å². The van der Waals surface area contributed by atoms with Crippen LogP contribution in [0.4, 0.5) is 0 Å². The Morgan fingerprint density at radius 1 is 1.29 bits per heavy atom. The van der Waals surface area contributed by atoms with Gasteiger partial charge in [-0.3, -0.25) is 4.79 Å². The summed E-state index contributed by atoms with van der Waals surface area (Å²) in [6.07, 6.45) is 5.99. The maximum atomic E-state index is 11.6. The Balaban J connectivity index is 2.14. The Morgan fingerprint density at radius 2 is 2.06 bits per heavy atom. The van der Waals surface area contributed by atoms with Gasteiger partial charge in [-0.1, -0.05) is 27.2 Å². The van der Waals surface area contributed by atoms with Crippen molar-refractivity contribution in [3.05, 3.63) is 0 Å². The van der Waals surface area contributed by atoms with Gasteiger partial charge in [0.2, 0.25) is 5.91 Å². The summed E-state index contributed by atoms with van der Waals surface area (Å²) in [5.41, 5.74) is 0. The first-order valence-corrected chi connectivity index (χ1v) is 7.13. The zero-order chi connectivity index (χ0) is 12.7. The molecule has 1 aliphatic carbocycles. The first-order valence-electron chi connectivity index (χ1n) is 7.13. The minimum Gasteiger partial charge on any atom is -0.355 e. The Labute approximate surface area is 106 Å². The van der Waals surface area contributed by atoms with E-state index in [0.29, 0.717) is 18.5 Å². The van der Waals surface area contributed by atoms with Crippen molar-refractivity contribution in [2.45, 2.75) is 58.9 Å². The van der Waals surface area contributed by atoms with Gasteiger partial charge in [0.05, 0.1) is 6.54 Å². The first-order chi connectivity index (χ1) is 8.13. The SMILES string of the molecule is CCCCNC(=O)CNC1CCC(C)CC1C. The van der Waals surface area contributed by atoms with Crippen molar-refractivity contribution in [1.29, 1.82) is 0 Å². The average Bonchev–Trinajstić information content (AvgIpc) is 2.28. The Hall–Kier alpha value is -0.570. The van der Waals surface area contributed by atoms with Gasteiger partial charge in [0.25, 0.3) is 0 Å². The average molecular weight is 240 g/mol. The van der Waals surface area contributed by atoms with Crippen LogP contribution in [-0.4, -0.2) is 25.0 Å². The van der Waals surface area contributed by atoms with Crippen molar-refractivity contribution in [2.24, 2.45) is 11.8 Å². The maximum absolute atomic E-state index is 11.6. The number of hydrogen-bond acceptors (Lipinski definition) is 2. The van der Waals surface area contributed by atoms with Crippen LogP contribution in [-0.2, 0) is 4.79 Å². The van der Waals surface area contributed by atoms with Crippen LogP contribution in [0, 0.1) is 11.8 Å². The number of rotatable bonds is 6. The monoisotopic (exact) mass is 240 g/mol. The number of nitrogens with one attached hydrogen (secondary N) is 2. The summed E-state index contributed by atoms with van der Waals surface area (Å²) >= 11 is 0. The molecule has 3 nitrogen and oxygen atoms in total. The summed E-state index contributed by atoms with van der Waals surface area (Å²) in [5, 5.41) is 6.35. The van der Waals surface area contributed by atoms with Gasteiger partial charge in [-0.25, -0.2) is 0 Å². The van der Waals surface area contributed by atoms with E-state index in [2.05, 4.69) is 31.4 Å². The number of hydrogen-bond donors (Lipinski definition) is 2. The normalized spacial score (nSPS) is 29.0. The molecule has 0 saturated heterocycles. The van der Waals surface area contributed by atoms with Gasteiger partial charge in [-0.2, -0.15) is 0 Å². The van der Waals surface area contributed by atoms with Gasteiger partial charge in [0.1, 0.15) is 0 Å². The lowest BCUT2D eigenvalue weighted by molar-refractivity contribution is -0.120. The van der Waals surface area contributed by atoms with E-state index < -0.39 is 0 Å². The molecule has 1 saturated carbocycles. The highest BCUT2D eigenvalue weighted by Gasteiger charge is 2.25. The van der Waals surface area contributed by atoms with E-state index >= 15 is 0 Å². The second-order valence-corrected chi connectivity index (χ2v) is 5.59. The van der Waals surface area contributed by atoms with E-state index in [4.69, 9.17) is 0 Å². The van der Waals surface area contributed by atoms with E-state index in [9.17, 15) is 4.79 Å². The number of carbonyl (C=O) groups excluding carboxylic acids is 1. The molecule has 0 aromatic carbocycles. The molecule has 1 fully saturated rings. The summed E-state index contributed by atoms with van der Waals surface area (Å²) in [7, 11) is 0. The summed E-state index contributed by atoms with van der Waals surface area (Å²) in [6.45, 7) is 8.04. The molecule has 0 spiro atoms. The number of carbonyl (C=O) groups is 1. The quantitative estimate of drug-likeness (QED) is 0.700. The van der Waals surface area contributed by atoms with E-state index in [1.165, 1.54) is 19.3 Å². The second kappa shape index (κ2) is 7.70. The van der Waals surface area contributed by atoms with Crippen LogP contribution in [0.5, 0.6) is 0 Å². The summed E-state index contributed by atoms with van der Waals surface area (Å²) < 4.78 is 0. The molecule has 17 heavy (non-hydrogen) atoms. The molecule has 0 radical (unpaired) electrons. The molecule has 1 aliphatic rings. The molecule has 1 rings (SSSR count). The largest absolute Gasteiger partial charge is 0.355 e. The van der Waals surface area contributed by atoms with Crippen molar-refractivity contribution in [2.75, 3.05) is 13.1 Å². The molecule has 0 heterocycles. The number of amides is 1. The topological polar surface area (TPSA) is 41.1 Å². The molecular weight excluding hydrogens is 212 g/mol. The lowest BCUT2D eigenvalue weighted by Crippen LogP contribution is -2.44. The molecule has 0 aromatic rings. The summed E-state index contributed by atoms with van der Waals surface area (Å²) in [5.74, 6) is 1.69.